The van der Waals surface area contributed by atoms with Gasteiger partial charge in [0.25, 0.3) is 11.5 Å². The van der Waals surface area contributed by atoms with E-state index in [0.717, 1.165) is 4.90 Å². The van der Waals surface area contributed by atoms with Crippen LogP contribution in [0.15, 0.2) is 40.0 Å². The van der Waals surface area contributed by atoms with E-state index in [9.17, 15) is 14.0 Å². The minimum atomic E-state index is -0.632. The molecule has 0 fully saturated rings. The van der Waals surface area contributed by atoms with Crippen LogP contribution in [-0.4, -0.2) is 35.1 Å². The van der Waals surface area contributed by atoms with Gasteiger partial charge in [-0.15, -0.1) is 11.8 Å². The summed E-state index contributed by atoms with van der Waals surface area (Å²) >= 11 is 1.40. The predicted molar refractivity (Wildman–Crippen MR) is 93.7 cm³/mol. The van der Waals surface area contributed by atoms with Gasteiger partial charge in [0, 0.05) is 18.0 Å². The first-order valence-corrected chi connectivity index (χ1v) is 8.54. The van der Waals surface area contributed by atoms with Crippen molar-refractivity contribution >= 4 is 29.2 Å². The quantitative estimate of drug-likeness (QED) is 0.391. The van der Waals surface area contributed by atoms with Gasteiger partial charge in [-0.3, -0.25) is 19.0 Å². The smallest absolute Gasteiger partial charge is 0.278 e. The fourth-order valence-electron chi connectivity index (χ4n) is 2.04. The summed E-state index contributed by atoms with van der Waals surface area (Å²) in [5.74, 6) is -1.02. The molecule has 0 spiro atoms. The summed E-state index contributed by atoms with van der Waals surface area (Å²) in [6.07, 6.45) is 1.83. The van der Waals surface area contributed by atoms with Gasteiger partial charge in [0.15, 0.2) is 0 Å². The lowest BCUT2D eigenvalue weighted by Gasteiger charge is -2.16. The highest BCUT2D eigenvalue weighted by Gasteiger charge is 2.16. The Morgan fingerprint density at radius 1 is 1.36 bits per heavy atom. The van der Waals surface area contributed by atoms with Crippen LogP contribution >= 0.6 is 11.8 Å². The molecule has 1 heterocycles. The monoisotopic (exact) mass is 367 g/mol. The molecule has 7 nitrogen and oxygen atoms in total. The molecule has 0 unspecified atom stereocenters. The Morgan fingerprint density at radius 3 is 2.76 bits per heavy atom. The summed E-state index contributed by atoms with van der Waals surface area (Å²) in [5, 5.41) is 11.5. The van der Waals surface area contributed by atoms with Crippen LogP contribution in [0, 0.1) is 5.82 Å². The number of rotatable bonds is 7. The van der Waals surface area contributed by atoms with Crippen molar-refractivity contribution in [3.63, 3.8) is 0 Å². The van der Waals surface area contributed by atoms with E-state index in [1.54, 1.807) is 6.07 Å². The van der Waals surface area contributed by atoms with Crippen molar-refractivity contribution in [2.75, 3.05) is 24.8 Å². The largest absolute Gasteiger partial charge is 0.394 e. The number of aliphatic hydroxyl groups excluding tert-OH is 1. The summed E-state index contributed by atoms with van der Waals surface area (Å²) in [7, 11) is 1.46. The molecule has 2 aromatic rings. The third-order valence-electron chi connectivity index (χ3n) is 3.35. The molecule has 0 bridgehead atoms. The highest BCUT2D eigenvalue weighted by atomic mass is 32.2. The Labute approximate surface area is 147 Å². The number of nitrogens with zero attached hydrogens (tertiary/aromatic N) is 1. The summed E-state index contributed by atoms with van der Waals surface area (Å²) < 4.78 is 15.4. The van der Waals surface area contributed by atoms with Crippen LogP contribution < -0.4 is 16.4 Å². The molecule has 0 saturated carbocycles. The van der Waals surface area contributed by atoms with Crippen LogP contribution in [0.3, 0.4) is 0 Å². The Bertz CT molecular complexity index is 826. The van der Waals surface area contributed by atoms with Gasteiger partial charge < -0.3 is 10.4 Å². The fourth-order valence-corrected chi connectivity index (χ4v) is 2.47. The zero-order valence-electron chi connectivity index (χ0n) is 13.7. The summed E-state index contributed by atoms with van der Waals surface area (Å²) in [6, 6.07) is 7.15. The molecule has 2 rings (SSSR count). The lowest BCUT2D eigenvalue weighted by atomic mass is 10.2. The van der Waals surface area contributed by atoms with E-state index in [2.05, 4.69) is 10.8 Å². The van der Waals surface area contributed by atoms with Gasteiger partial charge in [0.1, 0.15) is 11.6 Å². The molecule has 134 valence electrons. The molecule has 0 atom stereocenters. The van der Waals surface area contributed by atoms with Gasteiger partial charge in [-0.25, -0.2) is 9.87 Å². The normalized spacial score (nSPS) is 10.6. The van der Waals surface area contributed by atoms with E-state index < -0.39 is 11.7 Å². The van der Waals surface area contributed by atoms with Crippen LogP contribution in [-0.2, 0) is 11.9 Å². The second kappa shape index (κ2) is 8.65. The number of benzene rings is 1. The number of hydrogen-bond donors (Lipinski definition) is 3. The van der Waals surface area contributed by atoms with Gasteiger partial charge in [-0.2, -0.15) is 0 Å². The lowest BCUT2D eigenvalue weighted by molar-refractivity contribution is 0.0168. The standard InChI is InChI=1S/C16H18FN3O4S/c1-20-14(22)6-4-11(16(23)19-24-8-7-21)15(20)18-13-5-3-10(25-2)9-12(13)17/h3-6,9,18,21H,7-8H2,1-2H3,(H,19,23). The van der Waals surface area contributed by atoms with Crippen LogP contribution in [0.4, 0.5) is 15.9 Å². The number of carbonyl (C=O) groups is 1. The van der Waals surface area contributed by atoms with Crippen molar-refractivity contribution in [1.29, 1.82) is 0 Å². The number of amides is 1. The molecule has 25 heavy (non-hydrogen) atoms. The lowest BCUT2D eigenvalue weighted by Crippen LogP contribution is -2.29. The molecule has 0 radical (unpaired) electrons. The predicted octanol–water partition coefficient (Wildman–Crippen LogP) is 1.64. The van der Waals surface area contributed by atoms with Crippen LogP contribution in [0.5, 0.6) is 0 Å². The first-order chi connectivity index (χ1) is 12.0. The van der Waals surface area contributed by atoms with E-state index in [1.807, 2.05) is 6.26 Å². The van der Waals surface area contributed by atoms with Crippen molar-refractivity contribution in [2.24, 2.45) is 7.05 Å². The molecule has 1 aromatic carbocycles. The maximum absolute atomic E-state index is 14.2. The van der Waals surface area contributed by atoms with Crippen molar-refractivity contribution < 1.29 is 19.1 Å². The zero-order valence-corrected chi connectivity index (χ0v) is 14.5. The molecule has 9 heteroatoms. The van der Waals surface area contributed by atoms with Crippen molar-refractivity contribution in [3.05, 3.63) is 52.1 Å². The van der Waals surface area contributed by atoms with Crippen LogP contribution in [0.2, 0.25) is 0 Å². The van der Waals surface area contributed by atoms with Crippen LogP contribution in [0.1, 0.15) is 10.4 Å². The Balaban J connectivity index is 2.37. The van der Waals surface area contributed by atoms with Gasteiger partial charge in [-0.1, -0.05) is 0 Å². The summed E-state index contributed by atoms with van der Waals surface area (Å²) in [5.41, 5.74) is 2.01. The number of halogens is 1. The summed E-state index contributed by atoms with van der Waals surface area (Å²) in [6.45, 7) is -0.337. The van der Waals surface area contributed by atoms with E-state index in [4.69, 9.17) is 9.94 Å². The molecule has 0 aliphatic carbocycles. The van der Waals surface area contributed by atoms with E-state index in [0.29, 0.717) is 0 Å². The number of anilines is 2. The Hall–Kier alpha value is -2.36. The fraction of sp³-hybridized carbons (Fsp3) is 0.250. The average Bonchev–Trinajstić information content (AvgIpc) is 2.60. The zero-order chi connectivity index (χ0) is 18.4. The molecule has 0 aliphatic rings. The SMILES string of the molecule is CSc1ccc(Nc2c(C(=O)NOCCO)ccc(=O)n2C)c(F)c1. The van der Waals surface area contributed by atoms with Gasteiger partial charge in [0.05, 0.1) is 24.5 Å². The third kappa shape index (κ3) is 4.59. The summed E-state index contributed by atoms with van der Waals surface area (Å²) in [4.78, 5) is 29.6. The van der Waals surface area contributed by atoms with Gasteiger partial charge >= 0.3 is 0 Å². The number of thioether (sulfide) groups is 1. The second-order valence-corrected chi connectivity index (χ2v) is 5.85. The van der Waals surface area contributed by atoms with Gasteiger partial charge in [0.2, 0.25) is 0 Å². The first-order valence-electron chi connectivity index (χ1n) is 7.31. The van der Waals surface area contributed by atoms with Crippen LogP contribution in [0.25, 0.3) is 0 Å². The molecular weight excluding hydrogens is 349 g/mol. The molecule has 1 amide bonds. The van der Waals surface area contributed by atoms with E-state index in [-0.39, 0.29) is 35.8 Å². The number of aliphatic hydroxyl groups is 1. The average molecular weight is 367 g/mol. The minimum absolute atomic E-state index is 0.0783. The number of nitrogens with one attached hydrogen (secondary N) is 2. The highest BCUT2D eigenvalue weighted by Crippen LogP contribution is 2.25. The number of aromatic nitrogens is 1. The topological polar surface area (TPSA) is 92.6 Å². The molecular formula is C16H18FN3O4S. The second-order valence-electron chi connectivity index (χ2n) is 4.97. The number of hydrogen-bond acceptors (Lipinski definition) is 6. The van der Waals surface area contributed by atoms with E-state index >= 15 is 0 Å². The molecule has 3 N–H and O–H groups in total. The van der Waals surface area contributed by atoms with Crippen molar-refractivity contribution in [2.45, 2.75) is 4.90 Å². The molecule has 1 aromatic heterocycles. The molecule has 0 saturated heterocycles. The number of pyridine rings is 1. The Kier molecular flexibility index (Phi) is 6.57. The van der Waals surface area contributed by atoms with Gasteiger partial charge in [-0.05, 0) is 30.5 Å². The number of carbonyl (C=O) groups excluding carboxylic acids is 1. The van der Waals surface area contributed by atoms with Crippen molar-refractivity contribution in [1.82, 2.24) is 10.0 Å². The number of hydroxylamine groups is 1. The third-order valence-corrected chi connectivity index (χ3v) is 4.07. The highest BCUT2D eigenvalue weighted by molar-refractivity contribution is 7.98. The maximum atomic E-state index is 14.2. The Morgan fingerprint density at radius 2 is 2.12 bits per heavy atom. The van der Waals surface area contributed by atoms with Crippen molar-refractivity contribution in [3.8, 4) is 0 Å². The molecule has 0 aliphatic heterocycles. The first kappa shape index (κ1) is 19.0. The van der Waals surface area contributed by atoms with E-state index in [1.165, 1.54) is 47.6 Å². The minimum Gasteiger partial charge on any atom is -0.394 e. The maximum Gasteiger partial charge on any atom is 0.278 e.